The zero-order valence-electron chi connectivity index (χ0n) is 12.0. The van der Waals surface area contributed by atoms with Gasteiger partial charge in [-0.2, -0.15) is 4.31 Å². The summed E-state index contributed by atoms with van der Waals surface area (Å²) in [6, 6.07) is 5.52. The molecule has 1 rings (SSSR count). The second-order valence-electron chi connectivity index (χ2n) is 5.02. The Kier molecular flexibility index (Phi) is 6.02. The van der Waals surface area contributed by atoms with Crippen molar-refractivity contribution in [1.82, 2.24) is 4.31 Å². The van der Waals surface area contributed by atoms with Crippen LogP contribution < -0.4 is 0 Å². The number of alkyl halides is 1. The fraction of sp³-hybridized carbons (Fsp3) is 0.571. The van der Waals surface area contributed by atoms with Crippen molar-refractivity contribution in [3.8, 4) is 0 Å². The molecule has 0 aliphatic carbocycles. The summed E-state index contributed by atoms with van der Waals surface area (Å²) < 4.78 is 27.1. The van der Waals surface area contributed by atoms with E-state index in [0.717, 1.165) is 22.9 Å². The third-order valence-electron chi connectivity index (χ3n) is 3.02. The molecule has 0 radical (unpaired) electrons. The lowest BCUT2D eigenvalue weighted by Gasteiger charge is -2.26. The Morgan fingerprint density at radius 2 is 1.89 bits per heavy atom. The molecule has 108 valence electrons. The lowest BCUT2D eigenvalue weighted by atomic mass is 10.2. The molecule has 0 amide bonds. The van der Waals surface area contributed by atoms with Crippen LogP contribution in [-0.2, 0) is 10.0 Å². The number of benzene rings is 1. The standard InChI is InChI=1S/C14H22BrNO2S/c1-11(2)16(9-5-8-15)19(17,18)14-10-12(3)6-7-13(14)4/h6-7,10-11H,5,8-9H2,1-4H3. The molecule has 0 spiro atoms. The predicted octanol–water partition coefficient (Wildman–Crippen LogP) is 3.49. The van der Waals surface area contributed by atoms with Crippen LogP contribution >= 0.6 is 15.9 Å². The molecule has 3 nitrogen and oxygen atoms in total. The normalized spacial score (nSPS) is 12.4. The summed E-state index contributed by atoms with van der Waals surface area (Å²) in [7, 11) is -3.41. The molecule has 0 aliphatic rings. The molecule has 1 aromatic carbocycles. The van der Waals surface area contributed by atoms with Crippen LogP contribution in [0, 0.1) is 13.8 Å². The van der Waals surface area contributed by atoms with Crippen molar-refractivity contribution in [2.45, 2.75) is 45.1 Å². The van der Waals surface area contributed by atoms with E-state index in [1.165, 1.54) is 0 Å². The monoisotopic (exact) mass is 347 g/mol. The van der Waals surface area contributed by atoms with Gasteiger partial charge in [0.05, 0.1) is 4.90 Å². The van der Waals surface area contributed by atoms with Gasteiger partial charge in [0.1, 0.15) is 0 Å². The minimum Gasteiger partial charge on any atom is -0.207 e. The van der Waals surface area contributed by atoms with Crippen molar-refractivity contribution in [2.75, 3.05) is 11.9 Å². The summed E-state index contributed by atoms with van der Waals surface area (Å²) in [5, 5.41) is 0.804. The first kappa shape index (κ1) is 16.7. The van der Waals surface area contributed by atoms with Crippen molar-refractivity contribution in [3.63, 3.8) is 0 Å². The fourth-order valence-corrected chi connectivity index (χ4v) is 4.22. The number of aryl methyl sites for hydroxylation is 2. The van der Waals surface area contributed by atoms with Gasteiger partial charge in [0.2, 0.25) is 10.0 Å². The van der Waals surface area contributed by atoms with E-state index >= 15 is 0 Å². The second-order valence-corrected chi connectivity index (χ2v) is 7.67. The second kappa shape index (κ2) is 6.86. The van der Waals surface area contributed by atoms with Gasteiger partial charge in [-0.25, -0.2) is 8.42 Å². The highest BCUT2D eigenvalue weighted by Crippen LogP contribution is 2.23. The van der Waals surface area contributed by atoms with Crippen molar-refractivity contribution in [3.05, 3.63) is 29.3 Å². The van der Waals surface area contributed by atoms with Crippen LogP contribution in [0.2, 0.25) is 0 Å². The summed E-state index contributed by atoms with van der Waals surface area (Å²) in [4.78, 5) is 0.427. The first-order chi connectivity index (χ1) is 8.80. The van der Waals surface area contributed by atoms with Gasteiger partial charge < -0.3 is 0 Å². The van der Waals surface area contributed by atoms with Crippen LogP contribution in [0.25, 0.3) is 0 Å². The molecule has 0 aromatic heterocycles. The van der Waals surface area contributed by atoms with Gasteiger partial charge in [-0.1, -0.05) is 28.1 Å². The molecule has 0 unspecified atom stereocenters. The molecular formula is C14H22BrNO2S. The third-order valence-corrected chi connectivity index (χ3v) is 5.80. The molecule has 0 bridgehead atoms. The Morgan fingerprint density at radius 1 is 1.26 bits per heavy atom. The van der Waals surface area contributed by atoms with Gasteiger partial charge in [-0.3, -0.25) is 0 Å². The average Bonchev–Trinajstić information content (AvgIpc) is 2.32. The SMILES string of the molecule is Cc1ccc(C)c(S(=O)(=O)N(CCCBr)C(C)C)c1. The zero-order valence-corrected chi connectivity index (χ0v) is 14.4. The summed E-state index contributed by atoms with van der Waals surface area (Å²) in [6.45, 7) is 8.12. The highest BCUT2D eigenvalue weighted by atomic mass is 79.9. The number of halogens is 1. The summed E-state index contributed by atoms with van der Waals surface area (Å²) in [6.07, 6.45) is 0.808. The van der Waals surface area contributed by atoms with Crippen LogP contribution in [0.5, 0.6) is 0 Å². The maximum atomic E-state index is 12.8. The van der Waals surface area contributed by atoms with Crippen molar-refractivity contribution < 1.29 is 8.42 Å². The van der Waals surface area contributed by atoms with E-state index in [-0.39, 0.29) is 6.04 Å². The highest BCUT2D eigenvalue weighted by molar-refractivity contribution is 9.09. The molecule has 0 fully saturated rings. The van der Waals surface area contributed by atoms with Gasteiger partial charge in [-0.15, -0.1) is 0 Å². The van der Waals surface area contributed by atoms with Crippen molar-refractivity contribution in [2.24, 2.45) is 0 Å². The topological polar surface area (TPSA) is 37.4 Å². The summed E-state index contributed by atoms with van der Waals surface area (Å²) >= 11 is 3.35. The minimum absolute atomic E-state index is 0.0380. The molecule has 0 atom stereocenters. The molecule has 1 aromatic rings. The zero-order chi connectivity index (χ0) is 14.6. The van der Waals surface area contributed by atoms with Crippen LogP contribution in [0.1, 0.15) is 31.4 Å². The first-order valence-electron chi connectivity index (χ1n) is 6.45. The Labute approximate surface area is 125 Å². The minimum atomic E-state index is -3.41. The van der Waals surface area contributed by atoms with E-state index in [0.29, 0.717) is 11.4 Å². The quantitative estimate of drug-likeness (QED) is 0.738. The molecule has 19 heavy (non-hydrogen) atoms. The van der Waals surface area contributed by atoms with Crippen molar-refractivity contribution >= 4 is 26.0 Å². The van der Waals surface area contributed by atoms with E-state index in [2.05, 4.69) is 15.9 Å². The van der Waals surface area contributed by atoms with E-state index < -0.39 is 10.0 Å². The predicted molar refractivity (Wildman–Crippen MR) is 83.4 cm³/mol. The Morgan fingerprint density at radius 3 is 2.42 bits per heavy atom. The molecule has 0 N–H and O–H groups in total. The molecular weight excluding hydrogens is 326 g/mol. The van der Waals surface area contributed by atoms with Crippen LogP contribution in [0.4, 0.5) is 0 Å². The van der Waals surface area contributed by atoms with Crippen LogP contribution in [-0.4, -0.2) is 30.6 Å². The fourth-order valence-electron chi connectivity index (χ4n) is 1.98. The number of hydrogen-bond donors (Lipinski definition) is 0. The number of sulfonamides is 1. The Hall–Kier alpha value is -0.390. The van der Waals surface area contributed by atoms with Crippen LogP contribution in [0.3, 0.4) is 0 Å². The highest BCUT2D eigenvalue weighted by Gasteiger charge is 2.27. The average molecular weight is 348 g/mol. The van der Waals surface area contributed by atoms with Crippen LogP contribution in [0.15, 0.2) is 23.1 Å². The number of hydrogen-bond acceptors (Lipinski definition) is 2. The number of rotatable bonds is 6. The first-order valence-corrected chi connectivity index (χ1v) is 9.02. The lowest BCUT2D eigenvalue weighted by molar-refractivity contribution is 0.355. The largest absolute Gasteiger partial charge is 0.243 e. The van der Waals surface area contributed by atoms with Gasteiger partial charge in [0.25, 0.3) is 0 Å². The van der Waals surface area contributed by atoms with E-state index in [1.807, 2.05) is 39.8 Å². The molecule has 0 heterocycles. The third kappa shape index (κ3) is 4.04. The lowest BCUT2D eigenvalue weighted by Crippen LogP contribution is -2.38. The Balaban J connectivity index is 3.22. The smallest absolute Gasteiger partial charge is 0.207 e. The van der Waals surface area contributed by atoms with Gasteiger partial charge in [0.15, 0.2) is 0 Å². The van der Waals surface area contributed by atoms with E-state index in [1.54, 1.807) is 10.4 Å². The van der Waals surface area contributed by atoms with Gasteiger partial charge in [-0.05, 0) is 51.3 Å². The molecule has 0 saturated heterocycles. The summed E-state index contributed by atoms with van der Waals surface area (Å²) in [5.74, 6) is 0. The van der Waals surface area contributed by atoms with Crippen molar-refractivity contribution in [1.29, 1.82) is 0 Å². The molecule has 0 aliphatic heterocycles. The maximum Gasteiger partial charge on any atom is 0.243 e. The van der Waals surface area contributed by atoms with Gasteiger partial charge in [0, 0.05) is 17.9 Å². The molecule has 5 heteroatoms. The maximum absolute atomic E-state index is 12.8. The van der Waals surface area contributed by atoms with Gasteiger partial charge >= 0.3 is 0 Å². The Bertz CT molecular complexity index is 526. The van der Waals surface area contributed by atoms with E-state index in [4.69, 9.17) is 0 Å². The number of nitrogens with zero attached hydrogens (tertiary/aromatic N) is 1. The molecule has 0 saturated carbocycles. The summed E-state index contributed by atoms with van der Waals surface area (Å²) in [5.41, 5.74) is 1.77. The van der Waals surface area contributed by atoms with E-state index in [9.17, 15) is 8.42 Å².